The molecule has 0 saturated carbocycles. The van der Waals surface area contributed by atoms with E-state index in [4.69, 9.17) is 4.74 Å². The van der Waals surface area contributed by atoms with Crippen LogP contribution in [0.15, 0.2) is 23.4 Å². The van der Waals surface area contributed by atoms with E-state index < -0.39 is 15.6 Å². The molecule has 0 spiro atoms. The van der Waals surface area contributed by atoms with Crippen molar-refractivity contribution in [2.24, 2.45) is 0 Å². The number of hydrogen-bond acceptors (Lipinski definition) is 5. The molecule has 1 aliphatic rings. The van der Waals surface area contributed by atoms with Gasteiger partial charge >= 0.3 is 0 Å². The van der Waals surface area contributed by atoms with E-state index in [0.717, 1.165) is 0 Å². The van der Waals surface area contributed by atoms with Crippen LogP contribution in [-0.4, -0.2) is 50.1 Å². The van der Waals surface area contributed by atoms with Crippen molar-refractivity contribution in [3.63, 3.8) is 0 Å². The summed E-state index contributed by atoms with van der Waals surface area (Å²) in [5.41, 5.74) is -0.0654. The van der Waals surface area contributed by atoms with Crippen LogP contribution in [0.25, 0.3) is 0 Å². The van der Waals surface area contributed by atoms with Crippen LogP contribution in [0.3, 0.4) is 0 Å². The monoisotopic (exact) mass is 285 g/mol. The van der Waals surface area contributed by atoms with Crippen LogP contribution in [0.4, 0.5) is 5.69 Å². The van der Waals surface area contributed by atoms with Gasteiger partial charge in [0.2, 0.25) is 0 Å². The van der Waals surface area contributed by atoms with Crippen LogP contribution in [-0.2, 0) is 14.8 Å². The summed E-state index contributed by atoms with van der Waals surface area (Å²) in [4.78, 5) is 4.03. The Hall–Kier alpha value is -1.18. The highest BCUT2D eigenvalue weighted by Gasteiger charge is 2.41. The van der Waals surface area contributed by atoms with Crippen molar-refractivity contribution >= 4 is 15.7 Å². The number of hydrogen-bond donors (Lipinski definition) is 1. The molecule has 1 aromatic rings. The van der Waals surface area contributed by atoms with Crippen molar-refractivity contribution < 1.29 is 13.2 Å². The largest absolute Gasteiger partial charge is 0.386 e. The minimum Gasteiger partial charge on any atom is -0.386 e. The van der Waals surface area contributed by atoms with Gasteiger partial charge in [0, 0.05) is 19.8 Å². The normalized spacial score (nSPS) is 20.2. The maximum atomic E-state index is 12.8. The van der Waals surface area contributed by atoms with Crippen LogP contribution in [0.1, 0.15) is 13.8 Å². The van der Waals surface area contributed by atoms with Crippen molar-refractivity contribution in [3.05, 3.63) is 18.3 Å². The van der Waals surface area contributed by atoms with E-state index in [1.165, 1.54) is 10.5 Å². The van der Waals surface area contributed by atoms with E-state index >= 15 is 0 Å². The molecule has 0 aromatic carbocycles. The minimum absolute atomic E-state index is 0.0625. The van der Waals surface area contributed by atoms with Gasteiger partial charge in [-0.25, -0.2) is 13.4 Å². The highest BCUT2D eigenvalue weighted by Crippen LogP contribution is 2.29. The lowest BCUT2D eigenvalue weighted by molar-refractivity contribution is -0.00779. The molecule has 6 nitrogen and oxygen atoms in total. The summed E-state index contributed by atoms with van der Waals surface area (Å²) in [5.74, 6) is 0. The third kappa shape index (κ3) is 2.58. The van der Waals surface area contributed by atoms with Gasteiger partial charge in [0.1, 0.15) is 0 Å². The molecule has 2 heterocycles. The first-order valence-corrected chi connectivity index (χ1v) is 7.57. The van der Waals surface area contributed by atoms with Gasteiger partial charge < -0.3 is 10.1 Å². The first-order chi connectivity index (χ1) is 8.89. The zero-order chi connectivity index (χ0) is 14.1. The number of nitrogens with one attached hydrogen (secondary N) is 1. The molecule has 19 heavy (non-hydrogen) atoms. The molecule has 106 valence electrons. The predicted molar refractivity (Wildman–Crippen MR) is 72.6 cm³/mol. The van der Waals surface area contributed by atoms with E-state index in [1.54, 1.807) is 19.2 Å². The first-order valence-electron chi connectivity index (χ1n) is 6.13. The third-order valence-corrected chi connectivity index (χ3v) is 5.22. The van der Waals surface area contributed by atoms with Crippen LogP contribution in [0, 0.1) is 0 Å². The molecule has 7 heteroatoms. The number of ether oxygens (including phenoxy) is 1. The number of anilines is 1. The Kier molecular flexibility index (Phi) is 3.80. The number of rotatable bonds is 3. The molecule has 0 unspecified atom stereocenters. The van der Waals surface area contributed by atoms with Crippen molar-refractivity contribution in [1.29, 1.82) is 0 Å². The van der Waals surface area contributed by atoms with Gasteiger partial charge in [0.15, 0.2) is 5.03 Å². The summed E-state index contributed by atoms with van der Waals surface area (Å²) in [6.07, 6.45) is 1.49. The van der Waals surface area contributed by atoms with Crippen molar-refractivity contribution in [2.75, 3.05) is 32.1 Å². The van der Waals surface area contributed by atoms with Crippen molar-refractivity contribution in [1.82, 2.24) is 9.29 Å². The van der Waals surface area contributed by atoms with E-state index in [1.807, 2.05) is 13.8 Å². The molecular formula is C12H19N3O3S. The lowest BCUT2D eigenvalue weighted by atomic mass is 10.1. The maximum absolute atomic E-state index is 12.8. The molecule has 0 bridgehead atoms. The highest BCUT2D eigenvalue weighted by molar-refractivity contribution is 7.89. The Labute approximate surface area is 113 Å². The Bertz CT molecular complexity index is 557. The Morgan fingerprint density at radius 3 is 2.84 bits per heavy atom. The van der Waals surface area contributed by atoms with Crippen LogP contribution >= 0.6 is 0 Å². The number of pyridine rings is 1. The van der Waals surface area contributed by atoms with Gasteiger partial charge in [-0.1, -0.05) is 0 Å². The maximum Gasteiger partial charge on any atom is 0.263 e. The molecule has 0 amide bonds. The van der Waals surface area contributed by atoms with Gasteiger partial charge in [0.05, 0.1) is 24.4 Å². The van der Waals surface area contributed by atoms with Crippen LogP contribution < -0.4 is 5.32 Å². The number of aromatic nitrogens is 1. The molecule has 0 radical (unpaired) electrons. The molecule has 1 fully saturated rings. The van der Waals surface area contributed by atoms with Gasteiger partial charge in [-0.15, -0.1) is 0 Å². The van der Waals surface area contributed by atoms with Crippen LogP contribution in [0.5, 0.6) is 0 Å². The van der Waals surface area contributed by atoms with E-state index in [0.29, 0.717) is 25.4 Å². The summed E-state index contributed by atoms with van der Waals surface area (Å²) in [6.45, 7) is 4.84. The second-order valence-electron chi connectivity index (χ2n) is 5.05. The summed E-state index contributed by atoms with van der Waals surface area (Å²) >= 11 is 0. The van der Waals surface area contributed by atoms with Gasteiger partial charge in [0.25, 0.3) is 10.0 Å². The molecule has 1 aliphatic heterocycles. The number of sulfonamides is 1. The average Bonchev–Trinajstić information content (AvgIpc) is 2.37. The third-order valence-electron chi connectivity index (χ3n) is 3.14. The SMILES string of the molecule is CNc1cccnc1S(=O)(=O)N1CCOCC1(C)C. The Morgan fingerprint density at radius 2 is 2.21 bits per heavy atom. The predicted octanol–water partition coefficient (Wildman–Crippen LogP) is 0.923. The number of nitrogens with zero attached hydrogens (tertiary/aromatic N) is 2. The molecule has 0 aliphatic carbocycles. The summed E-state index contributed by atoms with van der Waals surface area (Å²) in [5, 5.41) is 2.93. The zero-order valence-corrected chi connectivity index (χ0v) is 12.2. The second kappa shape index (κ2) is 5.07. The van der Waals surface area contributed by atoms with Gasteiger partial charge in [-0.2, -0.15) is 4.31 Å². The quantitative estimate of drug-likeness (QED) is 0.894. The molecular weight excluding hydrogens is 266 g/mol. The van der Waals surface area contributed by atoms with E-state index in [9.17, 15) is 8.42 Å². The fourth-order valence-electron chi connectivity index (χ4n) is 2.18. The summed E-state index contributed by atoms with van der Waals surface area (Å²) in [7, 11) is -1.95. The second-order valence-corrected chi connectivity index (χ2v) is 6.83. The van der Waals surface area contributed by atoms with Crippen molar-refractivity contribution in [3.8, 4) is 0 Å². The van der Waals surface area contributed by atoms with Crippen molar-refractivity contribution in [2.45, 2.75) is 24.4 Å². The standard InChI is InChI=1S/C12H19N3O3S/c1-12(2)9-18-8-7-15(12)19(16,17)11-10(13-3)5-4-6-14-11/h4-6,13H,7-9H2,1-3H3. The molecule has 1 N–H and O–H groups in total. The number of morpholine rings is 1. The van der Waals surface area contributed by atoms with Gasteiger partial charge in [-0.3, -0.25) is 0 Å². The topological polar surface area (TPSA) is 71.5 Å². The minimum atomic E-state index is -3.63. The summed E-state index contributed by atoms with van der Waals surface area (Å²) < 4.78 is 32.3. The lowest BCUT2D eigenvalue weighted by Crippen LogP contribution is -2.55. The summed E-state index contributed by atoms with van der Waals surface area (Å²) in [6, 6.07) is 3.41. The molecule has 1 aromatic heterocycles. The lowest BCUT2D eigenvalue weighted by Gasteiger charge is -2.40. The van der Waals surface area contributed by atoms with Gasteiger partial charge in [-0.05, 0) is 26.0 Å². The molecule has 0 atom stereocenters. The molecule has 1 saturated heterocycles. The van der Waals surface area contributed by atoms with E-state index in [-0.39, 0.29) is 5.03 Å². The smallest absolute Gasteiger partial charge is 0.263 e. The highest BCUT2D eigenvalue weighted by atomic mass is 32.2. The Balaban J connectivity index is 2.47. The zero-order valence-electron chi connectivity index (χ0n) is 11.4. The molecule has 2 rings (SSSR count). The fraction of sp³-hybridized carbons (Fsp3) is 0.583. The fourth-order valence-corrected chi connectivity index (χ4v) is 4.05. The first kappa shape index (κ1) is 14.2. The van der Waals surface area contributed by atoms with Crippen LogP contribution in [0.2, 0.25) is 0 Å². The van der Waals surface area contributed by atoms with E-state index in [2.05, 4.69) is 10.3 Å². The Morgan fingerprint density at radius 1 is 1.47 bits per heavy atom. The average molecular weight is 285 g/mol.